The smallest absolute Gasteiger partial charge is 0.266 e. The number of carbonyl (C=O) groups is 1. The van der Waals surface area contributed by atoms with Crippen molar-refractivity contribution in [3.05, 3.63) is 57.1 Å². The lowest BCUT2D eigenvalue weighted by Crippen LogP contribution is -2.13. The summed E-state index contributed by atoms with van der Waals surface area (Å²) in [4.78, 5) is 12.4. The zero-order valence-electron chi connectivity index (χ0n) is 13.7. The molecule has 0 saturated heterocycles. The highest BCUT2D eigenvalue weighted by Crippen LogP contribution is 2.37. The van der Waals surface area contributed by atoms with Crippen LogP contribution in [0.15, 0.2) is 40.4 Å². The third kappa shape index (κ3) is 3.83. The SMILES string of the molecule is Cc1cc(C)cc(NC(=O)/C(C#N)=C/c2cc3c(cc2Br)OCO3)c1. The maximum absolute atomic E-state index is 12.4. The molecule has 0 aliphatic carbocycles. The van der Waals surface area contributed by atoms with E-state index in [1.165, 1.54) is 6.08 Å². The molecule has 25 heavy (non-hydrogen) atoms. The molecule has 0 aromatic heterocycles. The molecule has 1 amide bonds. The highest BCUT2D eigenvalue weighted by Gasteiger charge is 2.17. The van der Waals surface area contributed by atoms with E-state index < -0.39 is 5.91 Å². The van der Waals surface area contributed by atoms with Gasteiger partial charge in [-0.25, -0.2) is 0 Å². The van der Waals surface area contributed by atoms with E-state index in [2.05, 4.69) is 21.2 Å². The zero-order valence-corrected chi connectivity index (χ0v) is 15.3. The third-order valence-corrected chi connectivity index (χ3v) is 4.32. The Balaban J connectivity index is 1.88. The second-order valence-corrected chi connectivity index (χ2v) is 6.58. The minimum absolute atomic E-state index is 0.00118. The van der Waals surface area contributed by atoms with E-state index in [0.717, 1.165) is 11.1 Å². The van der Waals surface area contributed by atoms with Gasteiger partial charge in [0.25, 0.3) is 5.91 Å². The number of nitriles is 1. The number of nitrogens with zero attached hydrogens (tertiary/aromatic N) is 1. The van der Waals surface area contributed by atoms with E-state index in [4.69, 9.17) is 9.47 Å². The van der Waals surface area contributed by atoms with Gasteiger partial charge in [0, 0.05) is 10.2 Å². The van der Waals surface area contributed by atoms with E-state index in [1.54, 1.807) is 12.1 Å². The first-order valence-corrected chi connectivity index (χ1v) is 8.36. The molecule has 126 valence electrons. The van der Waals surface area contributed by atoms with Gasteiger partial charge < -0.3 is 14.8 Å². The Morgan fingerprint density at radius 2 is 1.80 bits per heavy atom. The van der Waals surface area contributed by atoms with Crippen molar-refractivity contribution in [3.8, 4) is 17.6 Å². The van der Waals surface area contributed by atoms with Crippen LogP contribution in [0, 0.1) is 25.2 Å². The predicted octanol–water partition coefficient (Wildman–Crippen LogP) is 4.34. The maximum atomic E-state index is 12.4. The van der Waals surface area contributed by atoms with E-state index in [1.807, 2.05) is 38.1 Å². The number of hydrogen-bond donors (Lipinski definition) is 1. The van der Waals surface area contributed by atoms with Crippen molar-refractivity contribution in [2.45, 2.75) is 13.8 Å². The second-order valence-electron chi connectivity index (χ2n) is 5.73. The van der Waals surface area contributed by atoms with Gasteiger partial charge in [-0.15, -0.1) is 0 Å². The summed E-state index contributed by atoms with van der Waals surface area (Å²) in [5.41, 5.74) is 3.40. The summed E-state index contributed by atoms with van der Waals surface area (Å²) in [6.07, 6.45) is 1.52. The summed E-state index contributed by atoms with van der Waals surface area (Å²) in [6, 6.07) is 11.2. The summed E-state index contributed by atoms with van der Waals surface area (Å²) in [6.45, 7) is 4.06. The number of fused-ring (bicyclic) bond motifs is 1. The minimum atomic E-state index is -0.461. The molecule has 1 N–H and O–H groups in total. The number of ether oxygens (including phenoxy) is 2. The van der Waals surface area contributed by atoms with Crippen molar-refractivity contribution in [3.63, 3.8) is 0 Å². The number of carbonyl (C=O) groups excluding carboxylic acids is 1. The molecule has 0 bridgehead atoms. The molecular formula is C19H15BrN2O3. The molecule has 5 nitrogen and oxygen atoms in total. The lowest BCUT2D eigenvalue weighted by atomic mass is 10.1. The van der Waals surface area contributed by atoms with Gasteiger partial charge in [0.1, 0.15) is 11.6 Å². The van der Waals surface area contributed by atoms with Crippen LogP contribution in [0.5, 0.6) is 11.5 Å². The Morgan fingerprint density at radius 3 is 2.44 bits per heavy atom. The van der Waals surface area contributed by atoms with Crippen molar-refractivity contribution in [1.29, 1.82) is 5.26 Å². The molecule has 2 aromatic rings. The Kier molecular flexibility index (Phi) is 4.77. The number of halogens is 1. The highest BCUT2D eigenvalue weighted by atomic mass is 79.9. The van der Waals surface area contributed by atoms with Crippen LogP contribution in [0.2, 0.25) is 0 Å². The van der Waals surface area contributed by atoms with Crippen molar-refractivity contribution < 1.29 is 14.3 Å². The average molecular weight is 399 g/mol. The largest absolute Gasteiger partial charge is 0.454 e. The van der Waals surface area contributed by atoms with Crippen molar-refractivity contribution in [2.75, 3.05) is 12.1 Å². The first kappa shape index (κ1) is 17.1. The normalized spacial score (nSPS) is 12.6. The summed E-state index contributed by atoms with van der Waals surface area (Å²) in [7, 11) is 0. The van der Waals surface area contributed by atoms with Gasteiger partial charge >= 0.3 is 0 Å². The fourth-order valence-electron chi connectivity index (χ4n) is 2.59. The van der Waals surface area contributed by atoms with Crippen LogP contribution in [0.1, 0.15) is 16.7 Å². The van der Waals surface area contributed by atoms with Gasteiger partial charge in [0.2, 0.25) is 6.79 Å². The molecule has 3 rings (SSSR count). The summed E-state index contributed by atoms with van der Waals surface area (Å²) in [5, 5.41) is 12.1. The molecule has 1 aliphatic rings. The molecule has 2 aromatic carbocycles. The van der Waals surface area contributed by atoms with Crippen LogP contribution in [-0.2, 0) is 4.79 Å². The first-order valence-electron chi connectivity index (χ1n) is 7.57. The van der Waals surface area contributed by atoms with Gasteiger partial charge in [0.15, 0.2) is 11.5 Å². The Labute approximate surface area is 154 Å². The molecule has 1 heterocycles. The molecule has 6 heteroatoms. The van der Waals surface area contributed by atoms with Crippen LogP contribution in [0.25, 0.3) is 6.08 Å². The van der Waals surface area contributed by atoms with Crippen LogP contribution in [0.4, 0.5) is 5.69 Å². The van der Waals surface area contributed by atoms with Gasteiger partial charge in [-0.05, 0) is 60.9 Å². The van der Waals surface area contributed by atoms with Crippen molar-refractivity contribution in [1.82, 2.24) is 0 Å². The molecule has 0 unspecified atom stereocenters. The van der Waals surface area contributed by atoms with Crippen molar-refractivity contribution in [2.24, 2.45) is 0 Å². The monoisotopic (exact) mass is 398 g/mol. The minimum Gasteiger partial charge on any atom is -0.454 e. The average Bonchev–Trinajstić information content (AvgIpc) is 2.98. The lowest BCUT2D eigenvalue weighted by molar-refractivity contribution is -0.112. The standard InChI is InChI=1S/C19H15BrN2O3/c1-11-3-12(2)5-15(4-11)22-19(23)14(9-21)6-13-7-17-18(8-16(13)20)25-10-24-17/h3-8H,10H2,1-2H3,(H,22,23)/b14-6+. The van der Waals surface area contributed by atoms with Gasteiger partial charge in [-0.3, -0.25) is 4.79 Å². The predicted molar refractivity (Wildman–Crippen MR) is 98.4 cm³/mol. The van der Waals surface area contributed by atoms with Crippen LogP contribution >= 0.6 is 15.9 Å². The highest BCUT2D eigenvalue weighted by molar-refractivity contribution is 9.10. The number of hydrogen-bond acceptors (Lipinski definition) is 4. The third-order valence-electron chi connectivity index (χ3n) is 3.64. The van der Waals surface area contributed by atoms with E-state index >= 15 is 0 Å². The maximum Gasteiger partial charge on any atom is 0.266 e. The number of amides is 1. The number of benzene rings is 2. The molecule has 1 aliphatic heterocycles. The summed E-state index contributed by atoms with van der Waals surface area (Å²) >= 11 is 3.42. The summed E-state index contributed by atoms with van der Waals surface area (Å²) in [5.74, 6) is 0.751. The quantitative estimate of drug-likeness (QED) is 0.616. The van der Waals surface area contributed by atoms with E-state index in [9.17, 15) is 10.1 Å². The first-order chi connectivity index (χ1) is 12.0. The van der Waals surface area contributed by atoms with Crippen molar-refractivity contribution >= 4 is 33.6 Å². The Morgan fingerprint density at radius 1 is 1.16 bits per heavy atom. The Hall–Kier alpha value is -2.78. The van der Waals surface area contributed by atoms with Gasteiger partial charge in [-0.1, -0.05) is 22.0 Å². The molecule has 0 saturated carbocycles. The molecule has 0 fully saturated rings. The van der Waals surface area contributed by atoms with Crippen LogP contribution in [-0.4, -0.2) is 12.7 Å². The van der Waals surface area contributed by atoms with E-state index in [-0.39, 0.29) is 12.4 Å². The number of anilines is 1. The fourth-order valence-corrected chi connectivity index (χ4v) is 3.03. The van der Waals surface area contributed by atoms with Gasteiger partial charge in [0.05, 0.1) is 0 Å². The zero-order chi connectivity index (χ0) is 18.0. The fraction of sp³-hybridized carbons (Fsp3) is 0.158. The molecular weight excluding hydrogens is 384 g/mol. The Bertz CT molecular complexity index is 909. The topological polar surface area (TPSA) is 71.4 Å². The lowest BCUT2D eigenvalue weighted by Gasteiger charge is -2.07. The molecule has 0 atom stereocenters. The number of rotatable bonds is 3. The number of aryl methyl sites for hydroxylation is 2. The van der Waals surface area contributed by atoms with Gasteiger partial charge in [-0.2, -0.15) is 5.26 Å². The van der Waals surface area contributed by atoms with Crippen LogP contribution in [0.3, 0.4) is 0 Å². The van der Waals surface area contributed by atoms with Crippen LogP contribution < -0.4 is 14.8 Å². The number of nitrogens with one attached hydrogen (secondary N) is 1. The van der Waals surface area contributed by atoms with E-state index in [0.29, 0.717) is 27.2 Å². The molecule has 0 radical (unpaired) electrons. The summed E-state index contributed by atoms with van der Waals surface area (Å²) < 4.78 is 11.3. The molecule has 0 spiro atoms. The second kappa shape index (κ2) is 6.99.